The van der Waals surface area contributed by atoms with Crippen LogP contribution >= 0.6 is 15.9 Å². The summed E-state index contributed by atoms with van der Waals surface area (Å²) in [5, 5.41) is 4.15. The molecule has 0 saturated carbocycles. The van der Waals surface area contributed by atoms with E-state index in [2.05, 4.69) is 26.0 Å². The molecule has 1 heterocycles. The molecule has 0 N–H and O–H groups in total. The maximum atomic E-state index is 13.7. The molecule has 0 aliphatic rings. The van der Waals surface area contributed by atoms with Crippen molar-refractivity contribution in [2.45, 2.75) is 20.4 Å². The van der Waals surface area contributed by atoms with Gasteiger partial charge in [0.15, 0.2) is 5.82 Å². The standard InChI is InChI=1S/C12H12BrF2N3/c1-7(2)6-18-11(16-12(13)17-18)9-4-3-8(14)5-10(9)15/h3-5,7H,6H2,1-2H3. The average Bonchev–Trinajstić information content (AvgIpc) is 2.58. The molecule has 3 nitrogen and oxygen atoms in total. The molecule has 0 fully saturated rings. The predicted molar refractivity (Wildman–Crippen MR) is 67.9 cm³/mol. The second kappa shape index (κ2) is 5.14. The zero-order chi connectivity index (χ0) is 13.3. The largest absolute Gasteiger partial charge is 0.244 e. The number of halogens is 3. The summed E-state index contributed by atoms with van der Waals surface area (Å²) in [5.74, 6) is -0.501. The summed E-state index contributed by atoms with van der Waals surface area (Å²) in [5.41, 5.74) is 0.246. The van der Waals surface area contributed by atoms with E-state index in [1.165, 1.54) is 12.1 Å². The number of nitrogens with zero attached hydrogens (tertiary/aromatic N) is 3. The lowest BCUT2D eigenvalue weighted by Gasteiger charge is -2.08. The molecule has 0 aliphatic heterocycles. The summed E-state index contributed by atoms with van der Waals surface area (Å²) in [6, 6.07) is 3.43. The summed E-state index contributed by atoms with van der Waals surface area (Å²) in [7, 11) is 0. The van der Waals surface area contributed by atoms with Gasteiger partial charge in [0.05, 0.1) is 5.56 Å². The normalized spacial score (nSPS) is 11.2. The lowest BCUT2D eigenvalue weighted by Crippen LogP contribution is -2.08. The molecule has 0 bridgehead atoms. The first-order valence-corrected chi connectivity index (χ1v) is 6.32. The average molecular weight is 316 g/mol. The van der Waals surface area contributed by atoms with E-state index >= 15 is 0 Å². The van der Waals surface area contributed by atoms with E-state index in [9.17, 15) is 8.78 Å². The van der Waals surface area contributed by atoms with Crippen LogP contribution in [0.25, 0.3) is 11.4 Å². The summed E-state index contributed by atoms with van der Waals surface area (Å²) < 4.78 is 28.6. The van der Waals surface area contributed by atoms with Crippen molar-refractivity contribution in [3.05, 3.63) is 34.6 Å². The van der Waals surface area contributed by atoms with E-state index in [0.717, 1.165) is 6.07 Å². The third-order valence-corrected chi connectivity index (χ3v) is 2.69. The molecule has 6 heteroatoms. The highest BCUT2D eigenvalue weighted by atomic mass is 79.9. The van der Waals surface area contributed by atoms with Crippen LogP contribution in [0.2, 0.25) is 0 Å². The van der Waals surface area contributed by atoms with Crippen LogP contribution < -0.4 is 0 Å². The summed E-state index contributed by atoms with van der Waals surface area (Å²) in [6.45, 7) is 4.67. The van der Waals surface area contributed by atoms with Crippen LogP contribution in [0.3, 0.4) is 0 Å². The highest BCUT2D eigenvalue weighted by Crippen LogP contribution is 2.23. The topological polar surface area (TPSA) is 30.7 Å². The van der Waals surface area contributed by atoms with Crippen molar-refractivity contribution in [2.24, 2.45) is 5.92 Å². The van der Waals surface area contributed by atoms with Gasteiger partial charge in [-0.05, 0) is 34.0 Å². The third kappa shape index (κ3) is 2.75. The van der Waals surface area contributed by atoms with Crippen molar-refractivity contribution in [3.63, 3.8) is 0 Å². The highest BCUT2D eigenvalue weighted by molar-refractivity contribution is 9.10. The zero-order valence-electron chi connectivity index (χ0n) is 9.99. The fourth-order valence-electron chi connectivity index (χ4n) is 1.66. The molecule has 0 saturated heterocycles. The minimum Gasteiger partial charge on any atom is -0.244 e. The Bertz CT molecular complexity index is 566. The van der Waals surface area contributed by atoms with E-state index in [0.29, 0.717) is 23.0 Å². The van der Waals surface area contributed by atoms with Gasteiger partial charge in [0.25, 0.3) is 0 Å². The first kappa shape index (κ1) is 13.1. The molecule has 2 aromatic rings. The lowest BCUT2D eigenvalue weighted by atomic mass is 10.2. The fraction of sp³-hybridized carbons (Fsp3) is 0.333. The maximum Gasteiger partial charge on any atom is 0.217 e. The quantitative estimate of drug-likeness (QED) is 0.865. The summed E-state index contributed by atoms with van der Waals surface area (Å²) in [4.78, 5) is 4.13. The predicted octanol–water partition coefficient (Wildman–Crippen LogP) is 3.64. The molecule has 2 rings (SSSR count). The molecule has 1 aromatic heterocycles. The van der Waals surface area contributed by atoms with E-state index in [-0.39, 0.29) is 5.56 Å². The van der Waals surface area contributed by atoms with E-state index in [1.54, 1.807) is 4.68 Å². The van der Waals surface area contributed by atoms with Crippen LogP contribution in [-0.2, 0) is 6.54 Å². The van der Waals surface area contributed by atoms with Crippen molar-refractivity contribution in [1.29, 1.82) is 0 Å². The van der Waals surface area contributed by atoms with Gasteiger partial charge in [-0.15, -0.1) is 5.10 Å². The Kier molecular flexibility index (Phi) is 3.75. The molecular formula is C12H12BrF2N3. The van der Waals surface area contributed by atoms with Gasteiger partial charge in [-0.25, -0.2) is 18.4 Å². The van der Waals surface area contributed by atoms with Gasteiger partial charge >= 0.3 is 0 Å². The Balaban J connectivity index is 2.49. The van der Waals surface area contributed by atoms with Gasteiger partial charge in [-0.2, -0.15) is 0 Å². The Morgan fingerprint density at radius 2 is 2.06 bits per heavy atom. The van der Waals surface area contributed by atoms with E-state index in [4.69, 9.17) is 0 Å². The SMILES string of the molecule is CC(C)Cn1nc(Br)nc1-c1ccc(F)cc1F. The number of benzene rings is 1. The molecular weight excluding hydrogens is 304 g/mol. The lowest BCUT2D eigenvalue weighted by molar-refractivity contribution is 0.483. The summed E-state index contributed by atoms with van der Waals surface area (Å²) >= 11 is 3.17. The number of rotatable bonds is 3. The molecule has 0 spiro atoms. The molecule has 18 heavy (non-hydrogen) atoms. The monoisotopic (exact) mass is 315 g/mol. The van der Waals surface area contributed by atoms with Crippen LogP contribution in [0.5, 0.6) is 0 Å². The fourth-order valence-corrected chi connectivity index (χ4v) is 2.02. The van der Waals surface area contributed by atoms with Gasteiger partial charge in [0.2, 0.25) is 4.73 Å². The molecule has 1 aromatic carbocycles. The molecule has 0 aliphatic carbocycles. The van der Waals surface area contributed by atoms with Gasteiger partial charge in [-0.3, -0.25) is 0 Å². The first-order chi connectivity index (χ1) is 8.47. The summed E-state index contributed by atoms with van der Waals surface area (Å²) in [6.07, 6.45) is 0. The first-order valence-electron chi connectivity index (χ1n) is 5.53. The molecule has 0 unspecified atom stereocenters. The van der Waals surface area contributed by atoms with Crippen LogP contribution in [0.1, 0.15) is 13.8 Å². The molecule has 96 valence electrons. The smallest absolute Gasteiger partial charge is 0.217 e. The number of hydrogen-bond donors (Lipinski definition) is 0. The maximum absolute atomic E-state index is 13.7. The Morgan fingerprint density at radius 1 is 1.33 bits per heavy atom. The van der Waals surface area contributed by atoms with Crippen molar-refractivity contribution in [3.8, 4) is 11.4 Å². The van der Waals surface area contributed by atoms with Gasteiger partial charge < -0.3 is 0 Å². The van der Waals surface area contributed by atoms with Gasteiger partial charge in [0, 0.05) is 12.6 Å². The molecule has 0 radical (unpaired) electrons. The van der Waals surface area contributed by atoms with Gasteiger partial charge in [-0.1, -0.05) is 13.8 Å². The Labute approximate surface area is 112 Å². The van der Waals surface area contributed by atoms with Crippen LogP contribution in [0.15, 0.2) is 22.9 Å². The van der Waals surface area contributed by atoms with Crippen molar-refractivity contribution >= 4 is 15.9 Å². The molecule has 0 amide bonds. The minimum atomic E-state index is -0.639. The third-order valence-electron chi connectivity index (χ3n) is 2.36. The minimum absolute atomic E-state index is 0.246. The van der Waals surface area contributed by atoms with E-state index in [1.807, 2.05) is 13.8 Å². The van der Waals surface area contributed by atoms with Crippen molar-refractivity contribution in [2.75, 3.05) is 0 Å². The van der Waals surface area contributed by atoms with Crippen molar-refractivity contribution in [1.82, 2.24) is 14.8 Å². The van der Waals surface area contributed by atoms with Crippen molar-refractivity contribution < 1.29 is 8.78 Å². The zero-order valence-corrected chi connectivity index (χ0v) is 11.6. The second-order valence-corrected chi connectivity index (χ2v) is 5.11. The number of hydrogen-bond acceptors (Lipinski definition) is 2. The Morgan fingerprint density at radius 3 is 2.67 bits per heavy atom. The van der Waals surface area contributed by atoms with Crippen LogP contribution in [-0.4, -0.2) is 14.8 Å². The molecule has 0 atom stereocenters. The highest BCUT2D eigenvalue weighted by Gasteiger charge is 2.15. The van der Waals surface area contributed by atoms with Crippen LogP contribution in [0, 0.1) is 17.6 Å². The number of aromatic nitrogens is 3. The van der Waals surface area contributed by atoms with Crippen LogP contribution in [0.4, 0.5) is 8.78 Å². The Hall–Kier alpha value is -1.30. The van der Waals surface area contributed by atoms with Gasteiger partial charge in [0.1, 0.15) is 11.6 Å². The van der Waals surface area contributed by atoms with E-state index < -0.39 is 11.6 Å². The second-order valence-electron chi connectivity index (χ2n) is 4.40.